The first-order valence-electron chi connectivity index (χ1n) is 4.05. The minimum Gasteiger partial charge on any atom is -0.400 e. The Balaban J connectivity index is 3.17. The number of aliphatic hydroxyl groups is 1. The van der Waals surface area contributed by atoms with E-state index in [-0.39, 0.29) is 11.0 Å². The minimum atomic E-state index is -4.92. The SMILES string of the molecule is O=c1[nH]c(CO)c(CBr)cc1OC(F)(F)F. The van der Waals surface area contributed by atoms with Crippen LogP contribution in [-0.2, 0) is 11.9 Å². The molecule has 0 saturated carbocycles. The Morgan fingerprint density at radius 1 is 1.50 bits per heavy atom. The van der Waals surface area contributed by atoms with Gasteiger partial charge in [-0.25, -0.2) is 0 Å². The van der Waals surface area contributed by atoms with Crippen LogP contribution in [-0.4, -0.2) is 16.5 Å². The fourth-order valence-corrected chi connectivity index (χ4v) is 1.55. The lowest BCUT2D eigenvalue weighted by molar-refractivity contribution is -0.275. The van der Waals surface area contributed by atoms with Crippen LogP contribution in [0.5, 0.6) is 5.75 Å². The average Bonchev–Trinajstić information content (AvgIpc) is 2.18. The van der Waals surface area contributed by atoms with Gasteiger partial charge in [-0.05, 0) is 11.6 Å². The van der Waals surface area contributed by atoms with E-state index in [2.05, 4.69) is 25.7 Å². The van der Waals surface area contributed by atoms with Gasteiger partial charge in [-0.3, -0.25) is 4.79 Å². The van der Waals surface area contributed by atoms with Gasteiger partial charge in [0.2, 0.25) is 0 Å². The summed E-state index contributed by atoms with van der Waals surface area (Å²) >= 11 is 3.02. The van der Waals surface area contributed by atoms with E-state index in [1.807, 2.05) is 0 Å². The molecule has 90 valence electrons. The van der Waals surface area contributed by atoms with Gasteiger partial charge in [0.15, 0.2) is 5.75 Å². The van der Waals surface area contributed by atoms with E-state index in [1.165, 1.54) is 0 Å². The fraction of sp³-hybridized carbons (Fsp3) is 0.375. The quantitative estimate of drug-likeness (QED) is 0.835. The standard InChI is InChI=1S/C8H7BrF3NO3/c9-2-4-1-6(16-8(10,11)12)7(15)13-5(4)3-14/h1,14H,2-3H2,(H,13,15). The van der Waals surface area contributed by atoms with Crippen LogP contribution in [0.1, 0.15) is 11.3 Å². The predicted molar refractivity (Wildman–Crippen MR) is 52.3 cm³/mol. The normalized spacial score (nSPS) is 11.6. The predicted octanol–water partition coefficient (Wildman–Crippen LogP) is 1.66. The van der Waals surface area contributed by atoms with Gasteiger partial charge >= 0.3 is 6.36 Å². The van der Waals surface area contributed by atoms with Crippen LogP contribution >= 0.6 is 15.9 Å². The molecule has 0 aliphatic rings. The number of aliphatic hydroxyl groups excluding tert-OH is 1. The lowest BCUT2D eigenvalue weighted by atomic mass is 10.2. The maximum atomic E-state index is 11.9. The molecule has 0 radical (unpaired) electrons. The molecule has 0 atom stereocenters. The van der Waals surface area contributed by atoms with Crippen molar-refractivity contribution in [1.29, 1.82) is 0 Å². The lowest BCUT2D eigenvalue weighted by Crippen LogP contribution is -2.23. The topological polar surface area (TPSA) is 62.3 Å². The first kappa shape index (κ1) is 13.0. The highest BCUT2D eigenvalue weighted by Crippen LogP contribution is 2.21. The number of H-pyrrole nitrogens is 1. The van der Waals surface area contributed by atoms with Crippen molar-refractivity contribution in [2.24, 2.45) is 0 Å². The molecule has 0 aliphatic carbocycles. The summed E-state index contributed by atoms with van der Waals surface area (Å²) in [6.07, 6.45) is -4.92. The molecule has 16 heavy (non-hydrogen) atoms. The molecule has 0 amide bonds. The average molecular weight is 302 g/mol. The van der Waals surface area contributed by atoms with Crippen molar-refractivity contribution < 1.29 is 23.0 Å². The molecule has 8 heteroatoms. The minimum absolute atomic E-state index is 0.149. The maximum Gasteiger partial charge on any atom is 0.573 e. The van der Waals surface area contributed by atoms with E-state index in [0.717, 1.165) is 6.07 Å². The highest BCUT2D eigenvalue weighted by Gasteiger charge is 2.32. The molecule has 0 unspecified atom stereocenters. The number of aromatic nitrogens is 1. The van der Waals surface area contributed by atoms with Gasteiger partial charge in [0.1, 0.15) is 0 Å². The molecule has 1 rings (SSSR count). The highest BCUT2D eigenvalue weighted by atomic mass is 79.9. The molecule has 0 aliphatic heterocycles. The second-order valence-corrected chi connectivity index (χ2v) is 3.37. The van der Waals surface area contributed by atoms with Crippen LogP contribution in [0, 0.1) is 0 Å². The number of halogens is 4. The number of alkyl halides is 4. The number of pyridine rings is 1. The molecule has 0 spiro atoms. The molecule has 4 nitrogen and oxygen atoms in total. The van der Waals surface area contributed by atoms with Gasteiger partial charge in [0.05, 0.1) is 6.61 Å². The summed E-state index contributed by atoms with van der Waals surface area (Å²) in [6.45, 7) is -0.470. The molecule has 0 fully saturated rings. The Morgan fingerprint density at radius 3 is 2.56 bits per heavy atom. The van der Waals surface area contributed by atoms with Gasteiger partial charge in [-0.1, -0.05) is 15.9 Å². The summed E-state index contributed by atoms with van der Waals surface area (Å²) in [5, 5.41) is 9.03. The zero-order chi connectivity index (χ0) is 12.3. The second-order valence-electron chi connectivity index (χ2n) is 2.81. The first-order chi connectivity index (χ1) is 7.37. The van der Waals surface area contributed by atoms with Crippen molar-refractivity contribution in [3.8, 4) is 5.75 Å². The van der Waals surface area contributed by atoms with Crippen molar-refractivity contribution in [1.82, 2.24) is 4.98 Å². The Morgan fingerprint density at radius 2 is 2.12 bits per heavy atom. The Bertz CT molecular complexity index is 430. The van der Waals surface area contributed by atoms with Crippen molar-refractivity contribution in [2.45, 2.75) is 18.3 Å². The lowest BCUT2D eigenvalue weighted by Gasteiger charge is -2.10. The number of nitrogens with one attached hydrogen (secondary N) is 1. The van der Waals surface area contributed by atoms with Gasteiger partial charge < -0.3 is 14.8 Å². The van der Waals surface area contributed by atoms with Crippen LogP contribution < -0.4 is 10.3 Å². The Hall–Kier alpha value is -1.02. The van der Waals surface area contributed by atoms with Crippen molar-refractivity contribution >= 4 is 15.9 Å². The molecule has 0 saturated heterocycles. The van der Waals surface area contributed by atoms with Gasteiger partial charge in [0, 0.05) is 11.0 Å². The summed E-state index contributed by atoms with van der Waals surface area (Å²) in [7, 11) is 0. The van der Waals surface area contributed by atoms with E-state index < -0.39 is 24.3 Å². The van der Waals surface area contributed by atoms with E-state index in [9.17, 15) is 18.0 Å². The molecular formula is C8H7BrF3NO3. The molecule has 1 aromatic rings. The van der Waals surface area contributed by atoms with Gasteiger partial charge in [0.25, 0.3) is 5.56 Å². The van der Waals surface area contributed by atoms with Crippen LogP contribution in [0.15, 0.2) is 10.9 Å². The third-order valence-corrected chi connectivity index (χ3v) is 2.31. The van der Waals surface area contributed by atoms with Crippen molar-refractivity contribution in [3.63, 3.8) is 0 Å². The number of ether oxygens (including phenoxy) is 1. The smallest absolute Gasteiger partial charge is 0.400 e. The number of hydrogen-bond acceptors (Lipinski definition) is 3. The van der Waals surface area contributed by atoms with Crippen LogP contribution in [0.2, 0.25) is 0 Å². The van der Waals surface area contributed by atoms with Gasteiger partial charge in [-0.2, -0.15) is 0 Å². The highest BCUT2D eigenvalue weighted by molar-refractivity contribution is 9.08. The van der Waals surface area contributed by atoms with E-state index in [1.54, 1.807) is 0 Å². The Kier molecular flexibility index (Phi) is 3.98. The molecule has 1 aromatic heterocycles. The number of hydrogen-bond donors (Lipinski definition) is 2. The Labute approximate surface area is 96.2 Å². The number of rotatable bonds is 3. The molecule has 0 aromatic carbocycles. The third-order valence-electron chi connectivity index (χ3n) is 1.71. The number of aromatic amines is 1. The molecular weight excluding hydrogens is 295 g/mol. The summed E-state index contributed by atoms with van der Waals surface area (Å²) in [5.41, 5.74) is -0.566. The van der Waals surface area contributed by atoms with E-state index in [4.69, 9.17) is 5.11 Å². The zero-order valence-corrected chi connectivity index (χ0v) is 9.35. The molecule has 2 N–H and O–H groups in total. The molecule has 1 heterocycles. The summed E-state index contributed by atoms with van der Waals surface area (Å²) in [5.74, 6) is -0.848. The molecule has 0 bridgehead atoms. The van der Waals surface area contributed by atoms with Crippen molar-refractivity contribution in [3.05, 3.63) is 27.7 Å². The summed E-state index contributed by atoms with van der Waals surface area (Å²) in [4.78, 5) is 13.2. The third kappa shape index (κ3) is 3.24. The summed E-state index contributed by atoms with van der Waals surface area (Å²) < 4.78 is 39.2. The second kappa shape index (κ2) is 4.88. The van der Waals surface area contributed by atoms with Crippen LogP contribution in [0.4, 0.5) is 13.2 Å². The van der Waals surface area contributed by atoms with Crippen LogP contribution in [0.25, 0.3) is 0 Å². The first-order valence-corrected chi connectivity index (χ1v) is 5.17. The van der Waals surface area contributed by atoms with Gasteiger partial charge in [-0.15, -0.1) is 13.2 Å². The van der Waals surface area contributed by atoms with E-state index >= 15 is 0 Å². The monoisotopic (exact) mass is 301 g/mol. The fourth-order valence-electron chi connectivity index (χ4n) is 1.05. The van der Waals surface area contributed by atoms with E-state index in [0.29, 0.717) is 5.56 Å². The van der Waals surface area contributed by atoms with Crippen molar-refractivity contribution in [2.75, 3.05) is 0 Å². The van der Waals surface area contributed by atoms with Crippen LogP contribution in [0.3, 0.4) is 0 Å². The zero-order valence-electron chi connectivity index (χ0n) is 7.77. The summed E-state index contributed by atoms with van der Waals surface area (Å²) in [6, 6.07) is 0.937. The largest absolute Gasteiger partial charge is 0.573 e. The maximum absolute atomic E-state index is 11.9.